The number of carboxylic acid groups (broad SMARTS) is 1. The number of nitrogens with zero attached hydrogens (tertiary/aromatic N) is 5. The van der Waals surface area contributed by atoms with Crippen molar-refractivity contribution in [3.63, 3.8) is 0 Å². The van der Waals surface area contributed by atoms with Gasteiger partial charge in [-0.15, -0.1) is 11.3 Å². The summed E-state index contributed by atoms with van der Waals surface area (Å²) in [4.78, 5) is 49.3. The molecule has 4 heterocycles. The first-order valence-electron chi connectivity index (χ1n) is 16.2. The molecule has 2 N–H and O–H groups in total. The number of halogens is 5. The Morgan fingerprint density at radius 2 is 1.90 bits per heavy atom. The highest BCUT2D eigenvalue weighted by Crippen LogP contribution is 2.51. The van der Waals surface area contributed by atoms with Gasteiger partial charge in [-0.1, -0.05) is 12.1 Å². The van der Waals surface area contributed by atoms with E-state index in [1.807, 2.05) is 0 Å². The molecule has 4 aliphatic rings. The molecule has 270 valence electrons. The third-order valence-corrected chi connectivity index (χ3v) is 10.6. The summed E-state index contributed by atoms with van der Waals surface area (Å²) < 4.78 is 80.8. The number of aromatic nitrogens is 1. The molecule has 50 heavy (non-hydrogen) atoms. The molecule has 0 bridgehead atoms. The molecule has 6 rings (SSSR count). The van der Waals surface area contributed by atoms with Gasteiger partial charge >= 0.3 is 11.9 Å². The van der Waals surface area contributed by atoms with E-state index in [9.17, 15) is 32.7 Å². The summed E-state index contributed by atoms with van der Waals surface area (Å²) in [7, 11) is 0. The summed E-state index contributed by atoms with van der Waals surface area (Å²) in [6.07, 6.45) is 0.691. The van der Waals surface area contributed by atoms with Crippen molar-refractivity contribution < 1.29 is 46.2 Å². The van der Waals surface area contributed by atoms with Crippen LogP contribution in [0, 0.1) is 24.1 Å². The molecule has 0 spiro atoms. The second-order valence-electron chi connectivity index (χ2n) is 13.6. The van der Waals surface area contributed by atoms with Gasteiger partial charge in [0.25, 0.3) is 11.8 Å². The number of hydrogen-bond acceptors (Lipinski definition) is 10. The molecule has 3 aliphatic heterocycles. The van der Waals surface area contributed by atoms with Crippen LogP contribution in [-0.4, -0.2) is 105 Å². The maximum Gasteiger partial charge on any atom is 0.338 e. The van der Waals surface area contributed by atoms with Crippen LogP contribution in [0.1, 0.15) is 55.8 Å². The Kier molecular flexibility index (Phi) is 9.31. The van der Waals surface area contributed by atoms with E-state index in [0.717, 1.165) is 10.0 Å². The lowest BCUT2D eigenvalue weighted by Crippen LogP contribution is -2.53. The van der Waals surface area contributed by atoms with Crippen molar-refractivity contribution in [2.24, 2.45) is 16.3 Å². The van der Waals surface area contributed by atoms with Gasteiger partial charge in [0.15, 0.2) is 10.8 Å². The van der Waals surface area contributed by atoms with Crippen LogP contribution in [0.3, 0.4) is 0 Å². The molecule has 1 saturated carbocycles. The van der Waals surface area contributed by atoms with Crippen LogP contribution in [0.25, 0.3) is 0 Å². The first-order valence-corrected chi connectivity index (χ1v) is 17.1. The molecule has 1 aromatic carbocycles. The molecule has 0 radical (unpaired) electrons. The van der Waals surface area contributed by atoms with Crippen LogP contribution in [0.4, 0.5) is 22.0 Å². The van der Waals surface area contributed by atoms with Gasteiger partial charge in [0, 0.05) is 36.8 Å². The lowest BCUT2D eigenvalue weighted by atomic mass is 9.89. The normalized spacial score (nSPS) is 26.0. The number of fused-ring (bicyclic) bond motifs is 1. The minimum Gasteiger partial charge on any atom is -0.481 e. The monoisotopic (exact) mass is 724 g/mol. The second-order valence-corrected chi connectivity index (χ2v) is 14.5. The standard InChI is InChI=1S/C33H37F5N6O5S/c1-5-49-29(46)23-21(40-26(27-39-10-12-50-27)41-24(23)18-7-6-8-20(34)17(18)2)14-42-16-33(37,38)25-22(42)15-44(28(45)19-13-32(19,35)36)43(25)11-9-31(3,4)30(47)48/h6-8,10,12,19,22,24-25H,5,9,11,13-16H2,1-4H3,(H,40,41)(H,47,48)/t19-,22?,24?,25?/m1/s1. The number of nitrogens with one attached hydrogen (secondary N) is 1. The SMILES string of the molecule is CCOC(=O)C1=C(CN2CC(F)(F)C3C2CN(C(=O)[C@H]2CC2(F)F)N3CCC(C)(C)C(=O)O)NC(c2nccs2)=NC1c1cccc(F)c1C. The number of rotatable bonds is 11. The first-order chi connectivity index (χ1) is 23.5. The van der Waals surface area contributed by atoms with Crippen molar-refractivity contribution >= 4 is 35.0 Å². The Balaban J connectivity index is 1.40. The van der Waals surface area contributed by atoms with E-state index in [1.165, 1.54) is 55.3 Å². The topological polar surface area (TPSA) is 128 Å². The maximum atomic E-state index is 16.2. The Labute approximate surface area is 288 Å². The van der Waals surface area contributed by atoms with Crippen LogP contribution in [-0.2, 0) is 19.1 Å². The number of thiazole rings is 1. The highest BCUT2D eigenvalue weighted by Gasteiger charge is 2.67. The minimum atomic E-state index is -3.48. The number of hydrogen-bond donors (Lipinski definition) is 2. The molecule has 3 fully saturated rings. The maximum absolute atomic E-state index is 16.2. The molecular formula is C33H37F5N6O5S. The highest BCUT2D eigenvalue weighted by atomic mass is 32.1. The quantitative estimate of drug-likeness (QED) is 0.256. The minimum absolute atomic E-state index is 0.0233. The Bertz CT molecular complexity index is 1750. The van der Waals surface area contributed by atoms with Crippen LogP contribution in [0.2, 0.25) is 0 Å². The number of esters is 1. The number of carbonyl (C=O) groups excluding carboxylic acids is 2. The molecule has 2 saturated heterocycles. The van der Waals surface area contributed by atoms with E-state index in [4.69, 9.17) is 9.73 Å². The summed E-state index contributed by atoms with van der Waals surface area (Å²) in [6, 6.07) is 0.488. The number of hydrazine groups is 1. The average molecular weight is 725 g/mol. The number of aliphatic carboxylic acids is 1. The van der Waals surface area contributed by atoms with Gasteiger partial charge in [-0.25, -0.2) is 36.7 Å². The van der Waals surface area contributed by atoms with E-state index in [0.29, 0.717) is 10.6 Å². The zero-order valence-electron chi connectivity index (χ0n) is 27.8. The number of amidine groups is 1. The van der Waals surface area contributed by atoms with Crippen molar-refractivity contribution in [3.8, 4) is 0 Å². The summed E-state index contributed by atoms with van der Waals surface area (Å²) in [5.41, 5.74) is -0.675. The third kappa shape index (κ3) is 6.50. The van der Waals surface area contributed by atoms with Gasteiger partial charge in [0.05, 0.1) is 36.7 Å². The van der Waals surface area contributed by atoms with Gasteiger partial charge in [-0.05, 0) is 51.3 Å². The fraction of sp³-hybridized carbons (Fsp3) is 0.545. The van der Waals surface area contributed by atoms with Gasteiger partial charge in [-0.3, -0.25) is 24.5 Å². The first kappa shape index (κ1) is 35.9. The molecule has 1 amide bonds. The predicted molar refractivity (Wildman–Crippen MR) is 171 cm³/mol. The lowest BCUT2D eigenvalue weighted by Gasteiger charge is -2.35. The third-order valence-electron chi connectivity index (χ3n) is 9.82. The molecule has 11 nitrogen and oxygen atoms in total. The van der Waals surface area contributed by atoms with Crippen molar-refractivity contribution in [1.29, 1.82) is 0 Å². The van der Waals surface area contributed by atoms with Crippen LogP contribution < -0.4 is 5.32 Å². The molecule has 4 atom stereocenters. The van der Waals surface area contributed by atoms with Gasteiger partial charge in [-0.2, -0.15) is 0 Å². The van der Waals surface area contributed by atoms with Gasteiger partial charge in [0.1, 0.15) is 23.8 Å². The van der Waals surface area contributed by atoms with E-state index < -0.39 is 77.9 Å². The largest absolute Gasteiger partial charge is 0.481 e. The Morgan fingerprint density at radius 1 is 1.18 bits per heavy atom. The predicted octanol–water partition coefficient (Wildman–Crippen LogP) is 4.40. The lowest BCUT2D eigenvalue weighted by molar-refractivity contribution is -0.161. The number of carbonyl (C=O) groups is 3. The number of carboxylic acids is 1. The molecule has 3 unspecified atom stereocenters. The molecule has 2 aromatic rings. The van der Waals surface area contributed by atoms with Crippen LogP contribution in [0.15, 0.2) is 46.0 Å². The van der Waals surface area contributed by atoms with Crippen molar-refractivity contribution in [2.75, 3.05) is 32.8 Å². The number of ether oxygens (including phenoxy) is 1. The second kappa shape index (κ2) is 13.0. The van der Waals surface area contributed by atoms with E-state index in [-0.39, 0.29) is 55.3 Å². The number of amides is 1. The summed E-state index contributed by atoms with van der Waals surface area (Å²) >= 11 is 1.23. The molecular weight excluding hydrogens is 687 g/mol. The summed E-state index contributed by atoms with van der Waals surface area (Å²) in [5.74, 6) is -11.7. The fourth-order valence-electron chi connectivity index (χ4n) is 6.81. The van der Waals surface area contributed by atoms with Crippen molar-refractivity contribution in [2.45, 2.75) is 70.5 Å². The van der Waals surface area contributed by atoms with E-state index >= 15 is 8.78 Å². The Morgan fingerprint density at radius 3 is 2.52 bits per heavy atom. The van der Waals surface area contributed by atoms with Gasteiger partial charge < -0.3 is 15.2 Å². The van der Waals surface area contributed by atoms with Crippen molar-refractivity contribution in [1.82, 2.24) is 25.2 Å². The zero-order valence-corrected chi connectivity index (χ0v) is 28.6. The highest BCUT2D eigenvalue weighted by molar-refractivity contribution is 7.11. The number of likely N-dealkylation sites (tertiary alicyclic amines) is 1. The summed E-state index contributed by atoms with van der Waals surface area (Å²) in [6.45, 7) is 4.15. The van der Waals surface area contributed by atoms with E-state index in [2.05, 4.69) is 10.3 Å². The van der Waals surface area contributed by atoms with Crippen LogP contribution in [0.5, 0.6) is 0 Å². The zero-order chi connectivity index (χ0) is 36.3. The fourth-order valence-corrected chi connectivity index (χ4v) is 7.39. The van der Waals surface area contributed by atoms with E-state index in [1.54, 1.807) is 18.4 Å². The number of benzene rings is 1. The van der Waals surface area contributed by atoms with Crippen LogP contribution >= 0.6 is 11.3 Å². The Hall–Kier alpha value is -3.96. The molecule has 17 heteroatoms. The van der Waals surface area contributed by atoms with Crippen molar-refractivity contribution in [3.05, 3.63) is 63.0 Å². The number of alkyl halides is 4. The smallest absolute Gasteiger partial charge is 0.338 e. The number of aliphatic imine (C=N–C) groups is 1. The molecule has 1 aromatic heterocycles. The average Bonchev–Trinajstić information content (AvgIpc) is 3.44. The summed E-state index contributed by atoms with van der Waals surface area (Å²) in [5, 5.41) is 16.9. The van der Waals surface area contributed by atoms with Gasteiger partial charge in [0.2, 0.25) is 5.91 Å². The molecule has 1 aliphatic carbocycles.